The Morgan fingerprint density at radius 1 is 1.00 bits per heavy atom. The molecular weight excluding hydrogens is 324 g/mol. The van der Waals surface area contributed by atoms with Gasteiger partial charge in [0.15, 0.2) is 11.5 Å². The Hall–Kier alpha value is -3.54. The molecule has 2 aromatic carbocycles. The van der Waals surface area contributed by atoms with Gasteiger partial charge in [-0.25, -0.2) is 9.59 Å². The van der Waals surface area contributed by atoms with Crippen molar-refractivity contribution in [2.24, 2.45) is 0 Å². The molecule has 2 heterocycles. The molecule has 3 aromatic rings. The highest BCUT2D eigenvalue weighted by molar-refractivity contribution is 5.89. The topological polar surface area (TPSA) is 75.0 Å². The normalized spacial score (nSPS) is 12.6. The second-order valence-electron chi connectivity index (χ2n) is 5.32. The van der Waals surface area contributed by atoms with Crippen LogP contribution in [-0.2, 0) is 4.79 Å². The lowest BCUT2D eigenvalue weighted by atomic mass is 10.2. The SMILES string of the molecule is O=C(/C=C/c1ccc2c(c1)OCO2)Oc1ccc2ccc(=O)oc2c1. The van der Waals surface area contributed by atoms with Gasteiger partial charge in [0.25, 0.3) is 0 Å². The van der Waals surface area contributed by atoms with Crippen LogP contribution in [0, 0.1) is 0 Å². The van der Waals surface area contributed by atoms with Crippen LogP contribution >= 0.6 is 0 Å². The van der Waals surface area contributed by atoms with E-state index in [1.54, 1.807) is 36.4 Å². The van der Waals surface area contributed by atoms with Crippen LogP contribution in [0.3, 0.4) is 0 Å². The van der Waals surface area contributed by atoms with E-state index in [4.69, 9.17) is 18.6 Å². The van der Waals surface area contributed by atoms with Crippen molar-refractivity contribution in [3.8, 4) is 17.2 Å². The summed E-state index contributed by atoms with van der Waals surface area (Å²) in [6, 6.07) is 13.2. The van der Waals surface area contributed by atoms with E-state index in [9.17, 15) is 9.59 Å². The van der Waals surface area contributed by atoms with Gasteiger partial charge >= 0.3 is 11.6 Å². The van der Waals surface area contributed by atoms with Gasteiger partial charge in [-0.2, -0.15) is 0 Å². The fourth-order valence-corrected chi connectivity index (χ4v) is 2.44. The van der Waals surface area contributed by atoms with Crippen molar-refractivity contribution < 1.29 is 23.4 Å². The molecule has 0 unspecified atom stereocenters. The van der Waals surface area contributed by atoms with E-state index in [2.05, 4.69) is 0 Å². The van der Waals surface area contributed by atoms with E-state index in [1.807, 2.05) is 6.07 Å². The maximum atomic E-state index is 12.0. The van der Waals surface area contributed by atoms with Crippen LogP contribution in [-0.4, -0.2) is 12.8 Å². The molecule has 6 heteroatoms. The summed E-state index contributed by atoms with van der Waals surface area (Å²) in [6.45, 7) is 0.197. The molecule has 1 aliphatic heterocycles. The Kier molecular flexibility index (Phi) is 3.70. The van der Waals surface area contributed by atoms with Gasteiger partial charge in [0.05, 0.1) is 0 Å². The van der Waals surface area contributed by atoms with Gasteiger partial charge in [0.1, 0.15) is 11.3 Å². The quantitative estimate of drug-likeness (QED) is 0.317. The summed E-state index contributed by atoms with van der Waals surface area (Å²) in [5.74, 6) is 1.06. The second-order valence-corrected chi connectivity index (χ2v) is 5.32. The summed E-state index contributed by atoms with van der Waals surface area (Å²) in [4.78, 5) is 23.2. The lowest BCUT2D eigenvalue weighted by molar-refractivity contribution is -0.128. The van der Waals surface area contributed by atoms with E-state index in [-0.39, 0.29) is 6.79 Å². The third kappa shape index (κ3) is 3.23. The average molecular weight is 336 g/mol. The van der Waals surface area contributed by atoms with Crippen molar-refractivity contribution in [3.05, 3.63) is 70.6 Å². The molecule has 25 heavy (non-hydrogen) atoms. The summed E-state index contributed by atoms with van der Waals surface area (Å²) in [5, 5.41) is 0.746. The Morgan fingerprint density at radius 3 is 2.76 bits per heavy atom. The lowest BCUT2D eigenvalue weighted by Crippen LogP contribution is -2.03. The fraction of sp³-hybridized carbons (Fsp3) is 0.0526. The zero-order chi connectivity index (χ0) is 17.2. The van der Waals surface area contributed by atoms with Crippen LogP contribution < -0.4 is 19.8 Å². The van der Waals surface area contributed by atoms with E-state index in [1.165, 1.54) is 18.2 Å². The van der Waals surface area contributed by atoms with E-state index in [0.29, 0.717) is 22.8 Å². The Bertz CT molecular complexity index is 1050. The third-order valence-electron chi connectivity index (χ3n) is 3.62. The van der Waals surface area contributed by atoms with Gasteiger partial charge in [0, 0.05) is 23.6 Å². The molecule has 0 fully saturated rings. The highest BCUT2D eigenvalue weighted by Gasteiger charge is 2.12. The zero-order valence-corrected chi connectivity index (χ0v) is 12.9. The highest BCUT2D eigenvalue weighted by atomic mass is 16.7. The molecule has 0 atom stereocenters. The molecule has 1 aromatic heterocycles. The number of benzene rings is 2. The monoisotopic (exact) mass is 336 g/mol. The van der Waals surface area contributed by atoms with Crippen molar-refractivity contribution in [1.29, 1.82) is 0 Å². The molecule has 0 spiro atoms. The van der Waals surface area contributed by atoms with Gasteiger partial charge in [-0.1, -0.05) is 6.07 Å². The summed E-state index contributed by atoms with van der Waals surface area (Å²) < 4.78 is 20.8. The van der Waals surface area contributed by atoms with Crippen LogP contribution in [0.4, 0.5) is 0 Å². The predicted molar refractivity (Wildman–Crippen MR) is 89.7 cm³/mol. The number of hydrogen-bond donors (Lipinski definition) is 0. The minimum atomic E-state index is -0.546. The summed E-state index contributed by atoms with van der Waals surface area (Å²) >= 11 is 0. The molecular formula is C19H12O6. The lowest BCUT2D eigenvalue weighted by Gasteiger charge is -2.02. The van der Waals surface area contributed by atoms with Crippen LogP contribution in [0.25, 0.3) is 17.0 Å². The Labute approximate surface area is 141 Å². The van der Waals surface area contributed by atoms with Crippen LogP contribution in [0.1, 0.15) is 5.56 Å². The molecule has 0 saturated heterocycles. The molecule has 0 saturated carbocycles. The van der Waals surface area contributed by atoms with Crippen LogP contribution in [0.15, 0.2) is 63.8 Å². The van der Waals surface area contributed by atoms with E-state index >= 15 is 0 Å². The number of hydrogen-bond acceptors (Lipinski definition) is 6. The first-order valence-corrected chi connectivity index (χ1v) is 7.51. The highest BCUT2D eigenvalue weighted by Crippen LogP contribution is 2.32. The van der Waals surface area contributed by atoms with Crippen molar-refractivity contribution in [2.45, 2.75) is 0 Å². The van der Waals surface area contributed by atoms with Gasteiger partial charge in [-0.05, 0) is 42.0 Å². The van der Waals surface area contributed by atoms with Crippen molar-refractivity contribution in [2.75, 3.05) is 6.79 Å². The maximum absolute atomic E-state index is 12.0. The molecule has 0 aliphatic carbocycles. The van der Waals surface area contributed by atoms with Crippen molar-refractivity contribution in [3.63, 3.8) is 0 Å². The minimum absolute atomic E-state index is 0.197. The third-order valence-corrected chi connectivity index (χ3v) is 3.62. The van der Waals surface area contributed by atoms with Crippen LogP contribution in [0.2, 0.25) is 0 Å². The molecule has 0 amide bonds. The smallest absolute Gasteiger partial charge is 0.336 e. The van der Waals surface area contributed by atoms with Crippen molar-refractivity contribution >= 4 is 23.0 Å². The standard InChI is InChI=1S/C19H12O6/c20-18(7-2-12-1-6-15-17(9-12)23-11-22-15)24-14-5-3-13-4-8-19(21)25-16(13)10-14/h1-10H,11H2/b7-2+. The number of carbonyl (C=O) groups excluding carboxylic acids is 1. The first-order valence-electron chi connectivity index (χ1n) is 7.51. The van der Waals surface area contributed by atoms with E-state index in [0.717, 1.165) is 10.9 Å². The van der Waals surface area contributed by atoms with Crippen LogP contribution in [0.5, 0.6) is 17.2 Å². The Morgan fingerprint density at radius 2 is 1.84 bits per heavy atom. The summed E-state index contributed by atoms with van der Waals surface area (Å²) in [6.07, 6.45) is 2.92. The van der Waals surface area contributed by atoms with Gasteiger partial charge in [0.2, 0.25) is 6.79 Å². The van der Waals surface area contributed by atoms with E-state index < -0.39 is 11.6 Å². The molecule has 124 valence electrons. The summed E-state index contributed by atoms with van der Waals surface area (Å²) in [5.41, 5.74) is 0.682. The number of carbonyl (C=O) groups is 1. The molecule has 4 rings (SSSR count). The first-order chi connectivity index (χ1) is 12.2. The van der Waals surface area contributed by atoms with Crippen molar-refractivity contribution in [1.82, 2.24) is 0 Å². The van der Waals surface area contributed by atoms with Gasteiger partial charge in [-0.15, -0.1) is 0 Å². The number of fused-ring (bicyclic) bond motifs is 2. The van der Waals surface area contributed by atoms with Gasteiger partial charge in [-0.3, -0.25) is 0 Å². The number of rotatable bonds is 3. The molecule has 1 aliphatic rings. The molecule has 0 bridgehead atoms. The summed E-state index contributed by atoms with van der Waals surface area (Å²) in [7, 11) is 0. The fourth-order valence-electron chi connectivity index (χ4n) is 2.44. The largest absolute Gasteiger partial charge is 0.454 e. The van der Waals surface area contributed by atoms with Gasteiger partial charge < -0.3 is 18.6 Å². The minimum Gasteiger partial charge on any atom is -0.454 e. The second kappa shape index (κ2) is 6.16. The number of esters is 1. The first kappa shape index (κ1) is 15.0. The predicted octanol–water partition coefficient (Wildman–Crippen LogP) is 3.14. The molecule has 0 N–H and O–H groups in total. The maximum Gasteiger partial charge on any atom is 0.336 e. The molecule has 0 radical (unpaired) electrons. The molecule has 6 nitrogen and oxygen atoms in total. The average Bonchev–Trinajstić information content (AvgIpc) is 3.07. The number of ether oxygens (including phenoxy) is 3. The Balaban J connectivity index is 1.49. The zero-order valence-electron chi connectivity index (χ0n) is 12.9.